The molecular formula is C20H14ClN3O2S. The summed E-state index contributed by atoms with van der Waals surface area (Å²) in [4.78, 5) is 30.3. The monoisotopic (exact) mass is 395 g/mol. The van der Waals surface area contributed by atoms with E-state index in [1.54, 1.807) is 24.3 Å². The van der Waals surface area contributed by atoms with Gasteiger partial charge in [-0.2, -0.15) is 0 Å². The van der Waals surface area contributed by atoms with Gasteiger partial charge in [0.15, 0.2) is 0 Å². The number of halogens is 1. The van der Waals surface area contributed by atoms with Gasteiger partial charge in [0.1, 0.15) is 11.4 Å². The molecule has 0 atom stereocenters. The van der Waals surface area contributed by atoms with E-state index in [0.717, 1.165) is 11.1 Å². The average Bonchev–Trinajstić information content (AvgIpc) is 3.11. The minimum Gasteiger partial charge on any atom is -0.325 e. The van der Waals surface area contributed by atoms with Gasteiger partial charge in [0.2, 0.25) is 5.91 Å². The number of aromatic nitrogens is 2. The first-order valence-electron chi connectivity index (χ1n) is 8.19. The molecule has 27 heavy (non-hydrogen) atoms. The Hall–Kier alpha value is -2.96. The summed E-state index contributed by atoms with van der Waals surface area (Å²) in [5.74, 6) is -0.308. The molecule has 0 aliphatic heterocycles. The van der Waals surface area contributed by atoms with Crippen LogP contribution in [0.3, 0.4) is 0 Å². The van der Waals surface area contributed by atoms with E-state index < -0.39 is 0 Å². The summed E-state index contributed by atoms with van der Waals surface area (Å²) < 4.78 is 1.33. The highest BCUT2D eigenvalue weighted by molar-refractivity contribution is 7.17. The SMILES string of the molecule is O=C(Cn1cnc2scc(-c3ccccc3)c2c1=O)Nc1ccc(Cl)cc1. The van der Waals surface area contributed by atoms with Crippen LogP contribution < -0.4 is 10.9 Å². The van der Waals surface area contributed by atoms with Crippen LogP contribution in [0.2, 0.25) is 5.02 Å². The van der Waals surface area contributed by atoms with Crippen molar-refractivity contribution in [3.63, 3.8) is 0 Å². The molecular weight excluding hydrogens is 382 g/mol. The summed E-state index contributed by atoms with van der Waals surface area (Å²) >= 11 is 7.26. The first kappa shape index (κ1) is 17.5. The Kier molecular flexibility index (Phi) is 4.75. The van der Waals surface area contributed by atoms with Crippen molar-refractivity contribution in [3.8, 4) is 11.1 Å². The predicted molar refractivity (Wildman–Crippen MR) is 109 cm³/mol. The number of fused-ring (bicyclic) bond motifs is 1. The number of carbonyl (C=O) groups excluding carboxylic acids is 1. The molecule has 134 valence electrons. The van der Waals surface area contributed by atoms with Gasteiger partial charge in [-0.3, -0.25) is 14.2 Å². The van der Waals surface area contributed by atoms with Gasteiger partial charge < -0.3 is 5.32 Å². The number of amides is 1. The van der Waals surface area contributed by atoms with Crippen molar-refractivity contribution in [2.75, 3.05) is 5.32 Å². The Balaban J connectivity index is 1.64. The number of nitrogens with one attached hydrogen (secondary N) is 1. The average molecular weight is 396 g/mol. The van der Waals surface area contributed by atoms with Crippen molar-refractivity contribution in [2.24, 2.45) is 0 Å². The lowest BCUT2D eigenvalue weighted by atomic mass is 10.1. The molecule has 2 aromatic carbocycles. The second kappa shape index (κ2) is 7.34. The summed E-state index contributed by atoms with van der Waals surface area (Å²) in [5.41, 5.74) is 2.17. The van der Waals surface area contributed by atoms with Crippen molar-refractivity contribution < 1.29 is 4.79 Å². The topological polar surface area (TPSA) is 64.0 Å². The molecule has 0 aliphatic rings. The third kappa shape index (κ3) is 3.63. The molecule has 1 N–H and O–H groups in total. The van der Waals surface area contributed by atoms with Crippen molar-refractivity contribution in [3.05, 3.63) is 81.7 Å². The highest BCUT2D eigenvalue weighted by Crippen LogP contribution is 2.30. The smallest absolute Gasteiger partial charge is 0.263 e. The van der Waals surface area contributed by atoms with Crippen LogP contribution in [0.4, 0.5) is 5.69 Å². The molecule has 0 fully saturated rings. The van der Waals surface area contributed by atoms with Gasteiger partial charge in [0.05, 0.1) is 11.7 Å². The van der Waals surface area contributed by atoms with Crippen LogP contribution in [-0.4, -0.2) is 15.5 Å². The van der Waals surface area contributed by atoms with Crippen LogP contribution in [0.1, 0.15) is 0 Å². The summed E-state index contributed by atoms with van der Waals surface area (Å²) in [6, 6.07) is 16.5. The van der Waals surface area contributed by atoms with Crippen LogP contribution in [-0.2, 0) is 11.3 Å². The largest absolute Gasteiger partial charge is 0.325 e. The highest BCUT2D eigenvalue weighted by atomic mass is 35.5. The number of hydrogen-bond donors (Lipinski definition) is 1. The minimum atomic E-state index is -0.308. The first-order chi connectivity index (χ1) is 13.1. The highest BCUT2D eigenvalue weighted by Gasteiger charge is 2.14. The zero-order chi connectivity index (χ0) is 18.8. The molecule has 5 nitrogen and oxygen atoms in total. The van der Waals surface area contributed by atoms with Crippen molar-refractivity contribution in [2.45, 2.75) is 6.54 Å². The molecule has 0 aliphatic carbocycles. The third-order valence-corrected chi connectivity index (χ3v) is 5.23. The Morgan fingerprint density at radius 3 is 2.59 bits per heavy atom. The zero-order valence-electron chi connectivity index (χ0n) is 14.1. The number of nitrogens with zero attached hydrogens (tertiary/aromatic N) is 2. The fourth-order valence-electron chi connectivity index (χ4n) is 2.80. The van der Waals surface area contributed by atoms with E-state index in [4.69, 9.17) is 11.6 Å². The standard InChI is InChI=1S/C20H14ClN3O2S/c21-14-6-8-15(9-7-14)23-17(25)10-24-12-22-19-18(20(24)26)16(11-27-19)13-4-2-1-3-5-13/h1-9,11-12H,10H2,(H,23,25). The van der Waals surface area contributed by atoms with Gasteiger partial charge >= 0.3 is 0 Å². The van der Waals surface area contributed by atoms with Crippen LogP contribution in [0, 0.1) is 0 Å². The number of anilines is 1. The van der Waals surface area contributed by atoms with Crippen molar-refractivity contribution >= 4 is 44.7 Å². The fourth-order valence-corrected chi connectivity index (χ4v) is 3.83. The number of hydrogen-bond acceptors (Lipinski definition) is 4. The van der Waals surface area contributed by atoms with Gasteiger partial charge in [-0.15, -0.1) is 11.3 Å². The lowest BCUT2D eigenvalue weighted by molar-refractivity contribution is -0.116. The van der Waals surface area contributed by atoms with Gasteiger partial charge in [-0.1, -0.05) is 41.9 Å². The van der Waals surface area contributed by atoms with E-state index in [2.05, 4.69) is 10.3 Å². The molecule has 1 amide bonds. The van der Waals surface area contributed by atoms with Crippen LogP contribution in [0.25, 0.3) is 21.3 Å². The lowest BCUT2D eigenvalue weighted by Gasteiger charge is -2.08. The van der Waals surface area contributed by atoms with Crippen LogP contribution >= 0.6 is 22.9 Å². The summed E-state index contributed by atoms with van der Waals surface area (Å²) in [7, 11) is 0. The lowest BCUT2D eigenvalue weighted by Crippen LogP contribution is -2.27. The molecule has 2 aromatic heterocycles. The van der Waals surface area contributed by atoms with E-state index in [9.17, 15) is 9.59 Å². The van der Waals surface area contributed by atoms with Crippen LogP contribution in [0.15, 0.2) is 71.1 Å². The molecule has 0 radical (unpaired) electrons. The Morgan fingerprint density at radius 1 is 1.11 bits per heavy atom. The number of benzene rings is 2. The van der Waals surface area contributed by atoms with Gasteiger partial charge in [-0.05, 0) is 29.8 Å². The Morgan fingerprint density at radius 2 is 1.85 bits per heavy atom. The first-order valence-corrected chi connectivity index (χ1v) is 9.45. The second-order valence-corrected chi connectivity index (χ2v) is 7.22. The summed E-state index contributed by atoms with van der Waals surface area (Å²) in [6.45, 7) is -0.117. The van der Waals surface area contributed by atoms with Crippen LogP contribution in [0.5, 0.6) is 0 Å². The van der Waals surface area contributed by atoms with E-state index in [0.29, 0.717) is 20.9 Å². The van der Waals surface area contributed by atoms with Gasteiger partial charge in [-0.25, -0.2) is 4.98 Å². The maximum absolute atomic E-state index is 12.9. The van der Waals surface area contributed by atoms with Crippen molar-refractivity contribution in [1.29, 1.82) is 0 Å². The van der Waals surface area contributed by atoms with E-state index in [-0.39, 0.29) is 18.0 Å². The van der Waals surface area contributed by atoms with Gasteiger partial charge in [0.25, 0.3) is 5.56 Å². The molecule has 0 saturated heterocycles. The fraction of sp³-hybridized carbons (Fsp3) is 0.0500. The number of thiophene rings is 1. The number of rotatable bonds is 4. The summed E-state index contributed by atoms with van der Waals surface area (Å²) in [5, 5.41) is 5.80. The molecule has 2 heterocycles. The van der Waals surface area contributed by atoms with E-state index in [1.807, 2.05) is 35.7 Å². The second-order valence-electron chi connectivity index (χ2n) is 5.93. The molecule has 0 saturated carbocycles. The molecule has 4 rings (SSSR count). The zero-order valence-corrected chi connectivity index (χ0v) is 15.6. The van der Waals surface area contributed by atoms with Gasteiger partial charge in [0, 0.05) is 21.7 Å². The van der Waals surface area contributed by atoms with Crippen molar-refractivity contribution in [1.82, 2.24) is 9.55 Å². The normalized spacial score (nSPS) is 10.9. The predicted octanol–water partition coefficient (Wildman–Crippen LogP) is 4.42. The molecule has 4 aromatic rings. The Bertz CT molecular complexity index is 1170. The molecule has 0 unspecified atom stereocenters. The molecule has 7 heteroatoms. The molecule has 0 spiro atoms. The Labute approximate surface area is 163 Å². The maximum atomic E-state index is 12.9. The minimum absolute atomic E-state index is 0.117. The van der Waals surface area contributed by atoms with E-state index in [1.165, 1.54) is 22.2 Å². The maximum Gasteiger partial charge on any atom is 0.263 e. The molecule has 0 bridgehead atoms. The number of carbonyl (C=O) groups is 1. The quantitative estimate of drug-likeness (QED) is 0.556. The summed E-state index contributed by atoms with van der Waals surface area (Å²) in [6.07, 6.45) is 1.41. The third-order valence-electron chi connectivity index (χ3n) is 4.09. The van der Waals surface area contributed by atoms with E-state index >= 15 is 0 Å².